The lowest BCUT2D eigenvalue weighted by Crippen LogP contribution is -2.14. The van der Waals surface area contributed by atoms with Crippen LogP contribution in [0.1, 0.15) is 99.9 Å². The lowest BCUT2D eigenvalue weighted by atomic mass is 9.80. The molecule has 0 spiro atoms. The van der Waals surface area contributed by atoms with Crippen LogP contribution in [0.15, 0.2) is 510 Å². The number of benzene rings is 26. The van der Waals surface area contributed by atoms with Crippen molar-refractivity contribution in [3.05, 3.63) is 554 Å². The van der Waals surface area contributed by atoms with Crippen molar-refractivity contribution in [3.63, 3.8) is 0 Å². The maximum atomic E-state index is 2.48. The van der Waals surface area contributed by atoms with Crippen LogP contribution in [0.5, 0.6) is 0 Å². The summed E-state index contributed by atoms with van der Waals surface area (Å²) in [5.74, 6) is 0. The third-order valence-electron chi connectivity index (χ3n) is 34.2. The van der Waals surface area contributed by atoms with Crippen LogP contribution in [0.2, 0.25) is 0 Å². The van der Waals surface area contributed by atoms with Crippen molar-refractivity contribution in [2.75, 3.05) is 0 Å². The second-order valence-electron chi connectivity index (χ2n) is 43.8. The van der Waals surface area contributed by atoms with Crippen LogP contribution < -0.4 is 0 Å². The summed E-state index contributed by atoms with van der Waals surface area (Å²) in [6.45, 7) is 19.0. The van der Waals surface area contributed by atoms with Crippen molar-refractivity contribution >= 4 is 97.0 Å². The van der Waals surface area contributed by atoms with Gasteiger partial charge in [-0.3, -0.25) is 0 Å². The predicted octanol–water partition coefficient (Wildman–Crippen LogP) is 41.3. The zero-order valence-electron chi connectivity index (χ0n) is 85.5. The van der Waals surface area contributed by atoms with Crippen LogP contribution in [-0.2, 0) is 21.7 Å². The van der Waals surface area contributed by atoms with Gasteiger partial charge < -0.3 is 0 Å². The molecular formula is C150H108. The Kier molecular flexibility index (Phi) is 20.9. The van der Waals surface area contributed by atoms with E-state index in [0.717, 1.165) is 0 Å². The molecule has 26 aromatic rings. The first-order valence-corrected chi connectivity index (χ1v) is 53.1. The summed E-state index contributed by atoms with van der Waals surface area (Å²) >= 11 is 0. The Balaban J connectivity index is 0.000000108. The normalized spacial score (nSPS) is 13.7. The fraction of sp³-hybridized carbons (Fsp3) is 0.0800. The monoisotopic (exact) mass is 1910 g/mol. The molecule has 0 N–H and O–H groups in total. The van der Waals surface area contributed by atoms with Gasteiger partial charge >= 0.3 is 0 Å². The van der Waals surface area contributed by atoms with E-state index in [1.54, 1.807) is 0 Å². The van der Waals surface area contributed by atoms with Gasteiger partial charge in [0.1, 0.15) is 0 Å². The molecule has 0 amide bonds. The van der Waals surface area contributed by atoms with Gasteiger partial charge in [-0.15, -0.1) is 0 Å². The first kappa shape index (κ1) is 89.7. The summed E-state index contributed by atoms with van der Waals surface area (Å²) in [7, 11) is 0. The second kappa shape index (κ2) is 34.9. The zero-order chi connectivity index (χ0) is 101. The molecule has 0 atom stereocenters. The summed E-state index contributed by atoms with van der Waals surface area (Å²) in [6, 6.07) is 190. The second-order valence-corrected chi connectivity index (χ2v) is 43.8. The largest absolute Gasteiger partial charge is 0.0622 e. The van der Waals surface area contributed by atoms with Gasteiger partial charge in [0.2, 0.25) is 0 Å². The van der Waals surface area contributed by atoms with E-state index in [9.17, 15) is 0 Å². The van der Waals surface area contributed by atoms with Gasteiger partial charge in [0.15, 0.2) is 0 Å². The minimum atomic E-state index is -0.0676. The van der Waals surface area contributed by atoms with Crippen LogP contribution in [0.4, 0.5) is 0 Å². The average Bonchev–Trinajstić information content (AvgIpc) is 1.26. The lowest BCUT2D eigenvalue weighted by Gasteiger charge is -2.23. The van der Waals surface area contributed by atoms with Gasteiger partial charge in [-0.25, -0.2) is 0 Å². The molecule has 0 aromatic heterocycles. The maximum absolute atomic E-state index is 2.48. The number of hydrogen-bond donors (Lipinski definition) is 0. The minimum absolute atomic E-state index is 0.0433. The van der Waals surface area contributed by atoms with Crippen LogP contribution in [0.3, 0.4) is 0 Å². The molecule has 26 aromatic carbocycles. The quantitative estimate of drug-likeness (QED) is 0.0946. The highest BCUT2D eigenvalue weighted by Gasteiger charge is 2.41. The van der Waals surface area contributed by atoms with Crippen molar-refractivity contribution in [1.82, 2.24) is 0 Å². The molecule has 0 bridgehead atoms. The fourth-order valence-corrected chi connectivity index (χ4v) is 26.8. The molecule has 0 heteroatoms. The first-order chi connectivity index (χ1) is 73.5. The van der Waals surface area contributed by atoms with Crippen molar-refractivity contribution in [2.45, 2.75) is 77.0 Å². The Hall–Kier alpha value is -17.9. The van der Waals surface area contributed by atoms with E-state index in [-0.39, 0.29) is 21.7 Å². The summed E-state index contributed by atoms with van der Waals surface area (Å²) < 4.78 is 0. The van der Waals surface area contributed by atoms with Crippen LogP contribution >= 0.6 is 0 Å². The summed E-state index contributed by atoms with van der Waals surface area (Å²) in [4.78, 5) is 0. The van der Waals surface area contributed by atoms with E-state index in [1.807, 2.05) is 0 Å². The highest BCUT2D eigenvalue weighted by Crippen LogP contribution is 2.59. The highest BCUT2D eigenvalue weighted by molar-refractivity contribution is 6.26. The molecule has 0 saturated carbocycles. The van der Waals surface area contributed by atoms with Crippen molar-refractivity contribution in [2.24, 2.45) is 0 Å². The molecular weight excluding hydrogens is 1800 g/mol. The van der Waals surface area contributed by atoms with Gasteiger partial charge in [0, 0.05) is 21.7 Å². The summed E-state index contributed by atoms with van der Waals surface area (Å²) in [5.41, 5.74) is 47.1. The Morgan fingerprint density at radius 3 is 0.720 bits per heavy atom. The molecule has 4 aliphatic carbocycles. The van der Waals surface area contributed by atoms with E-state index in [4.69, 9.17) is 0 Å². The SMILES string of the molecule is CC1(C)c2ccccc2-c2ccc(-c3c4ccccc4c(-c4ccccc4)c4cc(-c5cc6ccccc6c6ccccc56)ccc34)cc21.CC1(C)c2ccccc2-c2ccc(-c3c4ccccc4c(-c4ccccc4)c4cc(-c5ccc(-c6cccc7ccccc67)cc5)ccc34)cc21.CC1(C)c2ccccc2-c2ccc(-c3ccc4c(-c5ccc6c(c5)C(C)(C)c5ccccc5-6)c5ccccc5c(-c5ccccc5)c4c3)cc21. The smallest absolute Gasteiger partial charge is 0.0159 e. The Labute approximate surface area is 877 Å². The maximum Gasteiger partial charge on any atom is 0.0159 e. The molecule has 150 heavy (non-hydrogen) atoms. The predicted molar refractivity (Wildman–Crippen MR) is 641 cm³/mol. The molecule has 30 rings (SSSR count). The van der Waals surface area contributed by atoms with Crippen LogP contribution in [0, 0.1) is 0 Å². The van der Waals surface area contributed by atoms with Crippen molar-refractivity contribution < 1.29 is 0 Å². The molecule has 708 valence electrons. The van der Waals surface area contributed by atoms with Gasteiger partial charge in [-0.05, 0) is 346 Å². The molecule has 0 radical (unpaired) electrons. The Morgan fingerprint density at radius 2 is 0.333 bits per heavy atom. The molecule has 0 fully saturated rings. The Morgan fingerprint density at radius 1 is 0.100 bits per heavy atom. The van der Waals surface area contributed by atoms with Crippen molar-refractivity contribution in [3.8, 4) is 156 Å². The first-order valence-electron chi connectivity index (χ1n) is 53.1. The van der Waals surface area contributed by atoms with E-state index < -0.39 is 0 Å². The van der Waals surface area contributed by atoms with Crippen molar-refractivity contribution in [1.29, 1.82) is 0 Å². The summed E-state index contributed by atoms with van der Waals surface area (Å²) in [6.07, 6.45) is 0. The highest BCUT2D eigenvalue weighted by atomic mass is 14.4. The van der Waals surface area contributed by atoms with Gasteiger partial charge in [0.05, 0.1) is 0 Å². The summed E-state index contributed by atoms with van der Waals surface area (Å²) in [5, 5.41) is 23.0. The van der Waals surface area contributed by atoms with E-state index in [1.165, 1.54) is 297 Å². The molecule has 0 saturated heterocycles. The third-order valence-corrected chi connectivity index (χ3v) is 34.2. The molecule has 0 heterocycles. The Bertz CT molecular complexity index is 10100. The zero-order valence-corrected chi connectivity index (χ0v) is 85.5. The van der Waals surface area contributed by atoms with Gasteiger partial charge in [0.25, 0.3) is 0 Å². The molecule has 0 unspecified atom stereocenters. The van der Waals surface area contributed by atoms with E-state index in [0.29, 0.717) is 0 Å². The minimum Gasteiger partial charge on any atom is -0.0622 e. The topological polar surface area (TPSA) is 0 Å². The van der Waals surface area contributed by atoms with E-state index in [2.05, 4.69) is 565 Å². The number of rotatable bonds is 10. The average molecular weight is 1910 g/mol. The fourth-order valence-electron chi connectivity index (χ4n) is 26.8. The standard InChI is InChI=1S/C51H36.C50H38.C49H34/c1-51(2)47-22-11-10-18-41(47)42-29-28-38(32-48(42)51)50-44-20-9-8-19-43(44)49(36-14-4-3-5-15-36)46-31-37(27-30-45(46)50)33-23-25-35(26-24-33)40-21-12-16-34-13-6-7-17-39(34)40;1-49(2)43-20-12-10-16-35(43)37-25-22-33(29-45(37)49)32-23-27-41-42(28-32)47(31-14-6-5-7-15-31)39-18-8-9-19-40(39)48(41)34-24-26-38-36-17-11-13-21-44(36)50(3,4)46(38)30-34;1-49(2)45-23-13-12-20-38(45)39-26-25-34(30-46(39)49)48-41-22-11-10-21-40(41)47(31-14-4-3-5-15-31)44-29-33(24-27-42(44)48)43-28-32-16-6-7-17-35(32)36-18-8-9-19-37(36)43/h3-32H,1-2H3;5-30H,1-4H3;3-30H,1-2H3. The van der Waals surface area contributed by atoms with Crippen LogP contribution in [-0.4, -0.2) is 0 Å². The van der Waals surface area contributed by atoms with Crippen LogP contribution in [0.25, 0.3) is 253 Å². The molecule has 0 nitrogen and oxygen atoms in total. The third kappa shape index (κ3) is 14.2. The molecule has 0 aliphatic heterocycles. The van der Waals surface area contributed by atoms with Gasteiger partial charge in [-0.1, -0.05) is 516 Å². The number of fused-ring (bicyclic) bond motifs is 22. The lowest BCUT2D eigenvalue weighted by molar-refractivity contribution is 0.660. The molecule has 4 aliphatic rings. The van der Waals surface area contributed by atoms with E-state index >= 15 is 0 Å². The number of hydrogen-bond acceptors (Lipinski definition) is 0. The van der Waals surface area contributed by atoms with Gasteiger partial charge in [-0.2, -0.15) is 0 Å².